The smallest absolute Gasteiger partial charge is 0.271 e. The summed E-state index contributed by atoms with van der Waals surface area (Å²) in [6, 6.07) is 0.118. The van der Waals surface area contributed by atoms with Gasteiger partial charge in [0.1, 0.15) is 16.5 Å². The largest absolute Gasteiger partial charge is 0.346 e. The molecule has 1 aliphatic heterocycles. The van der Waals surface area contributed by atoms with Gasteiger partial charge in [-0.2, -0.15) is 5.10 Å². The number of carbonyl (C=O) groups excluding carboxylic acids is 1. The quantitative estimate of drug-likeness (QED) is 0.790. The van der Waals surface area contributed by atoms with E-state index in [2.05, 4.69) is 25.0 Å². The topological polar surface area (TPSA) is 77.6 Å². The van der Waals surface area contributed by atoms with Crippen LogP contribution in [0.3, 0.4) is 0 Å². The van der Waals surface area contributed by atoms with Gasteiger partial charge in [-0.15, -0.1) is 11.3 Å². The number of hydrogen-bond acceptors (Lipinski definition) is 5. The van der Waals surface area contributed by atoms with Crippen LogP contribution in [0.5, 0.6) is 0 Å². The number of aryl methyl sites for hydroxylation is 2. The lowest BCUT2D eigenvalue weighted by molar-refractivity contribution is 0.0923. The summed E-state index contributed by atoms with van der Waals surface area (Å²) in [5.41, 5.74) is 1.39. The van der Waals surface area contributed by atoms with E-state index in [1.807, 2.05) is 19.4 Å². The summed E-state index contributed by atoms with van der Waals surface area (Å²) in [5.74, 6) is 0.966. The third-order valence-electron chi connectivity index (χ3n) is 3.96. The van der Waals surface area contributed by atoms with Gasteiger partial charge in [-0.1, -0.05) is 0 Å². The van der Waals surface area contributed by atoms with Gasteiger partial charge >= 0.3 is 0 Å². The summed E-state index contributed by atoms with van der Waals surface area (Å²) in [7, 11) is 1.86. The monoisotopic (exact) mass is 328 g/mol. The second-order valence-corrected chi connectivity index (χ2v) is 6.50. The highest BCUT2D eigenvalue weighted by atomic mass is 32.1. The Bertz CT molecular complexity index is 848. The van der Waals surface area contributed by atoms with E-state index in [1.54, 1.807) is 22.5 Å². The van der Waals surface area contributed by atoms with Gasteiger partial charge in [0.2, 0.25) is 0 Å². The number of carbonyl (C=O) groups is 1. The molecule has 0 fully saturated rings. The Morgan fingerprint density at radius 2 is 2.39 bits per heavy atom. The van der Waals surface area contributed by atoms with Gasteiger partial charge in [0.15, 0.2) is 0 Å². The average Bonchev–Trinajstić information content (AvgIpc) is 3.26. The number of hydrogen-bond donors (Lipinski definition) is 1. The van der Waals surface area contributed by atoms with Crippen molar-refractivity contribution in [2.24, 2.45) is 7.05 Å². The molecule has 4 heterocycles. The van der Waals surface area contributed by atoms with Crippen LogP contribution < -0.4 is 5.32 Å². The molecule has 1 N–H and O–H groups in total. The third kappa shape index (κ3) is 2.77. The SMILES string of the molecule is Cn1cc(-c2nc(C(=O)N[C@@H]3CCc4nccn4C3)cs2)cn1. The van der Waals surface area contributed by atoms with Crippen LogP contribution >= 0.6 is 11.3 Å². The van der Waals surface area contributed by atoms with Crippen molar-refractivity contribution in [3.05, 3.63) is 41.7 Å². The van der Waals surface area contributed by atoms with Gasteiger partial charge in [-0.25, -0.2) is 9.97 Å². The molecule has 3 aromatic rings. The Balaban J connectivity index is 1.45. The van der Waals surface area contributed by atoms with E-state index < -0.39 is 0 Å². The van der Waals surface area contributed by atoms with Crippen LogP contribution in [0.1, 0.15) is 22.7 Å². The molecule has 8 heteroatoms. The zero-order valence-corrected chi connectivity index (χ0v) is 13.5. The first-order valence-corrected chi connectivity index (χ1v) is 8.32. The highest BCUT2D eigenvalue weighted by molar-refractivity contribution is 7.13. The zero-order valence-electron chi connectivity index (χ0n) is 12.6. The van der Waals surface area contributed by atoms with Crippen molar-refractivity contribution in [2.75, 3.05) is 0 Å². The normalized spacial score (nSPS) is 17.0. The average molecular weight is 328 g/mol. The summed E-state index contributed by atoms with van der Waals surface area (Å²) < 4.78 is 3.82. The molecule has 118 valence electrons. The number of fused-ring (bicyclic) bond motifs is 1. The molecule has 4 rings (SSSR count). The Hall–Kier alpha value is -2.48. The van der Waals surface area contributed by atoms with Gasteiger partial charge in [0, 0.05) is 55.6 Å². The predicted octanol–water partition coefficient (Wildman–Crippen LogP) is 1.48. The van der Waals surface area contributed by atoms with E-state index in [4.69, 9.17) is 0 Å². The number of imidazole rings is 1. The minimum atomic E-state index is -0.120. The molecule has 0 unspecified atom stereocenters. The Morgan fingerprint density at radius 3 is 3.22 bits per heavy atom. The van der Waals surface area contributed by atoms with Crippen LogP contribution in [0.4, 0.5) is 0 Å². The summed E-state index contributed by atoms with van der Waals surface area (Å²) in [5, 5.41) is 9.81. The highest BCUT2D eigenvalue weighted by Crippen LogP contribution is 2.23. The Morgan fingerprint density at radius 1 is 1.48 bits per heavy atom. The van der Waals surface area contributed by atoms with Gasteiger partial charge in [0.25, 0.3) is 5.91 Å². The van der Waals surface area contributed by atoms with Crippen LogP contribution in [0.15, 0.2) is 30.2 Å². The summed E-state index contributed by atoms with van der Waals surface area (Å²) in [4.78, 5) is 21.1. The molecule has 0 saturated heterocycles. The number of amides is 1. The Labute approximate surface area is 137 Å². The number of rotatable bonds is 3. The Kier molecular flexibility index (Phi) is 3.45. The van der Waals surface area contributed by atoms with Crippen molar-refractivity contribution >= 4 is 17.2 Å². The van der Waals surface area contributed by atoms with Gasteiger partial charge in [0.05, 0.1) is 6.20 Å². The molecule has 0 radical (unpaired) electrons. The fourth-order valence-electron chi connectivity index (χ4n) is 2.79. The second kappa shape index (κ2) is 5.62. The maximum absolute atomic E-state index is 12.4. The van der Waals surface area contributed by atoms with E-state index in [9.17, 15) is 4.79 Å². The maximum atomic E-state index is 12.4. The minimum absolute atomic E-state index is 0.118. The highest BCUT2D eigenvalue weighted by Gasteiger charge is 2.22. The van der Waals surface area contributed by atoms with Crippen molar-refractivity contribution in [3.8, 4) is 10.6 Å². The molecule has 1 aliphatic rings. The molecular formula is C15H16N6OS. The first-order valence-electron chi connectivity index (χ1n) is 7.44. The lowest BCUT2D eigenvalue weighted by atomic mass is 10.1. The van der Waals surface area contributed by atoms with Crippen molar-refractivity contribution in [1.29, 1.82) is 0 Å². The van der Waals surface area contributed by atoms with Gasteiger partial charge in [-0.05, 0) is 6.42 Å². The first kappa shape index (κ1) is 14.1. The van der Waals surface area contributed by atoms with Crippen LogP contribution in [0.25, 0.3) is 10.6 Å². The maximum Gasteiger partial charge on any atom is 0.271 e. The molecule has 23 heavy (non-hydrogen) atoms. The summed E-state index contributed by atoms with van der Waals surface area (Å²) in [6.07, 6.45) is 9.19. The number of thiazole rings is 1. The zero-order chi connectivity index (χ0) is 15.8. The number of aromatic nitrogens is 5. The van der Waals surface area contributed by atoms with E-state index in [0.29, 0.717) is 5.69 Å². The van der Waals surface area contributed by atoms with Crippen molar-refractivity contribution in [3.63, 3.8) is 0 Å². The van der Waals surface area contributed by atoms with Crippen molar-refractivity contribution < 1.29 is 4.79 Å². The van der Waals surface area contributed by atoms with Crippen LogP contribution in [0, 0.1) is 0 Å². The molecule has 1 amide bonds. The lowest BCUT2D eigenvalue weighted by Gasteiger charge is -2.24. The molecule has 0 bridgehead atoms. The third-order valence-corrected chi connectivity index (χ3v) is 4.85. The minimum Gasteiger partial charge on any atom is -0.346 e. The predicted molar refractivity (Wildman–Crippen MR) is 86.1 cm³/mol. The van der Waals surface area contributed by atoms with E-state index in [1.165, 1.54) is 11.3 Å². The molecule has 0 aliphatic carbocycles. The van der Waals surface area contributed by atoms with E-state index >= 15 is 0 Å². The molecule has 0 aromatic carbocycles. The number of nitrogens with zero attached hydrogens (tertiary/aromatic N) is 5. The molecule has 1 atom stereocenters. The summed E-state index contributed by atoms with van der Waals surface area (Å²) >= 11 is 1.46. The number of nitrogens with one attached hydrogen (secondary N) is 1. The van der Waals surface area contributed by atoms with Crippen molar-refractivity contribution in [2.45, 2.75) is 25.4 Å². The molecule has 7 nitrogen and oxygen atoms in total. The van der Waals surface area contributed by atoms with E-state index in [0.717, 1.165) is 35.8 Å². The van der Waals surface area contributed by atoms with E-state index in [-0.39, 0.29) is 11.9 Å². The standard InChI is InChI=1S/C15H16N6OS/c1-20-7-10(6-17-20)15-19-12(9-23-15)14(22)18-11-2-3-13-16-4-5-21(13)8-11/h4-7,9,11H,2-3,8H2,1H3,(H,18,22)/t11-/m1/s1. The molecule has 0 spiro atoms. The summed E-state index contributed by atoms with van der Waals surface area (Å²) in [6.45, 7) is 0.765. The van der Waals surface area contributed by atoms with Gasteiger partial charge < -0.3 is 9.88 Å². The fraction of sp³-hybridized carbons (Fsp3) is 0.333. The van der Waals surface area contributed by atoms with Crippen LogP contribution in [-0.2, 0) is 20.0 Å². The van der Waals surface area contributed by atoms with Crippen LogP contribution in [0.2, 0.25) is 0 Å². The lowest BCUT2D eigenvalue weighted by Crippen LogP contribution is -2.41. The molecular weight excluding hydrogens is 312 g/mol. The van der Waals surface area contributed by atoms with Gasteiger partial charge in [-0.3, -0.25) is 9.48 Å². The van der Waals surface area contributed by atoms with Crippen molar-refractivity contribution in [1.82, 2.24) is 29.6 Å². The first-order chi connectivity index (χ1) is 11.2. The second-order valence-electron chi connectivity index (χ2n) is 5.65. The molecule has 3 aromatic heterocycles. The fourth-order valence-corrected chi connectivity index (χ4v) is 3.56. The van der Waals surface area contributed by atoms with Crippen LogP contribution in [-0.4, -0.2) is 36.3 Å². The molecule has 0 saturated carbocycles.